The van der Waals surface area contributed by atoms with E-state index < -0.39 is 47.1 Å². The van der Waals surface area contributed by atoms with Crippen LogP contribution in [0.2, 0.25) is 0 Å². The van der Waals surface area contributed by atoms with Gasteiger partial charge < -0.3 is 34.1 Å². The van der Waals surface area contributed by atoms with Gasteiger partial charge in [0.1, 0.15) is 31.0 Å². The first-order valence-corrected chi connectivity index (χ1v) is 12.7. The highest BCUT2D eigenvalue weighted by Gasteiger charge is 2.49. The molecule has 5 unspecified atom stereocenters. The van der Waals surface area contributed by atoms with Crippen LogP contribution in [-0.2, 0) is 36.9 Å². The van der Waals surface area contributed by atoms with Gasteiger partial charge in [-0.2, -0.15) is 0 Å². The van der Waals surface area contributed by atoms with Crippen molar-refractivity contribution < 1.29 is 33.6 Å². The first kappa shape index (κ1) is 29.7. The first-order valence-electron chi connectivity index (χ1n) is 11.6. The van der Waals surface area contributed by atoms with Crippen molar-refractivity contribution in [2.24, 2.45) is 0 Å². The number of carbonyl (C=O) groups excluding carboxylic acids is 1. The zero-order valence-corrected chi connectivity index (χ0v) is 22.3. The van der Waals surface area contributed by atoms with Crippen molar-refractivity contribution in [3.8, 4) is 0 Å². The van der Waals surface area contributed by atoms with Gasteiger partial charge in [-0.05, 0) is 11.1 Å². The number of hydrogen-bond acceptors (Lipinski definition) is 7. The van der Waals surface area contributed by atoms with Crippen molar-refractivity contribution in [2.45, 2.75) is 47.7 Å². The number of benzene rings is 2. The molecular weight excluding hydrogens is 545 g/mol. The average molecular weight is 575 g/mol. The van der Waals surface area contributed by atoms with Crippen LogP contribution in [-0.4, -0.2) is 65.5 Å². The summed E-state index contributed by atoms with van der Waals surface area (Å²) in [4.78, 5) is 12.6. The number of rotatable bonds is 12. The second-order valence-corrected chi connectivity index (χ2v) is 10.7. The highest BCUT2D eigenvalue weighted by atomic mass is 35.6. The lowest BCUT2D eigenvalue weighted by Gasteiger charge is -2.45. The van der Waals surface area contributed by atoms with Crippen molar-refractivity contribution in [3.05, 3.63) is 84.4 Å². The molecule has 1 amide bonds. The third-order valence-corrected chi connectivity index (χ3v) is 5.75. The topological polar surface area (TPSA) is 95.5 Å². The standard InChI is InChI=1S/C26H30Cl3NO7/c1-2-13-33-24-21(30-25(32)36-17-26(27,28)29)23(35-16-19-11-7-4-8-12-19)22(20(14-31)37-24)34-15-18-9-5-3-6-10-18/h2-12,20-24,31H,1,13-17H2,(H,30,32). The summed E-state index contributed by atoms with van der Waals surface area (Å²) in [6.07, 6.45) is -2.76. The van der Waals surface area contributed by atoms with E-state index in [1.807, 2.05) is 60.7 Å². The summed E-state index contributed by atoms with van der Waals surface area (Å²) in [5.41, 5.74) is 1.81. The molecule has 8 nitrogen and oxygen atoms in total. The van der Waals surface area contributed by atoms with Crippen molar-refractivity contribution in [3.63, 3.8) is 0 Å². The van der Waals surface area contributed by atoms with Gasteiger partial charge in [-0.3, -0.25) is 0 Å². The monoisotopic (exact) mass is 573 g/mol. The smallest absolute Gasteiger partial charge is 0.407 e. The second kappa shape index (κ2) is 14.9. The Bertz CT molecular complexity index is 962. The van der Waals surface area contributed by atoms with Crippen LogP contribution in [0, 0.1) is 0 Å². The number of hydrogen-bond donors (Lipinski definition) is 2. The lowest BCUT2D eigenvalue weighted by molar-refractivity contribution is -0.285. The summed E-state index contributed by atoms with van der Waals surface area (Å²) < 4.78 is 27.6. The maximum atomic E-state index is 12.6. The fourth-order valence-corrected chi connectivity index (χ4v) is 3.93. The minimum atomic E-state index is -1.79. The molecule has 202 valence electrons. The molecule has 0 bridgehead atoms. The minimum Gasteiger partial charge on any atom is -0.445 e. The van der Waals surface area contributed by atoms with Crippen molar-refractivity contribution in [1.82, 2.24) is 5.32 Å². The maximum Gasteiger partial charge on any atom is 0.407 e. The van der Waals surface area contributed by atoms with Crippen LogP contribution in [0.15, 0.2) is 73.3 Å². The van der Waals surface area contributed by atoms with E-state index in [4.69, 9.17) is 58.5 Å². The number of halogens is 3. The molecule has 1 heterocycles. The summed E-state index contributed by atoms with van der Waals surface area (Å²) >= 11 is 17.2. The van der Waals surface area contributed by atoms with Crippen molar-refractivity contribution >= 4 is 40.9 Å². The molecule has 2 aromatic carbocycles. The predicted molar refractivity (Wildman–Crippen MR) is 140 cm³/mol. The van der Waals surface area contributed by atoms with E-state index in [9.17, 15) is 9.90 Å². The SMILES string of the molecule is C=CCOC1OC(CO)C(OCc2ccccc2)C(OCc2ccccc2)C1NC(=O)OCC(Cl)(Cl)Cl. The number of carbonyl (C=O) groups is 1. The van der Waals surface area contributed by atoms with E-state index in [1.54, 1.807) is 0 Å². The maximum absolute atomic E-state index is 12.6. The molecule has 2 aromatic rings. The molecule has 3 rings (SSSR count). The summed E-state index contributed by atoms with van der Waals surface area (Å²) in [5.74, 6) is 0. The Hall–Kier alpha value is -1.88. The molecule has 1 aliphatic rings. The van der Waals surface area contributed by atoms with E-state index in [0.29, 0.717) is 0 Å². The number of alkyl halides is 3. The fraction of sp³-hybridized carbons (Fsp3) is 0.423. The van der Waals surface area contributed by atoms with Gasteiger partial charge in [-0.1, -0.05) is 102 Å². The number of nitrogens with one attached hydrogen (secondary N) is 1. The Morgan fingerprint density at radius 2 is 1.54 bits per heavy atom. The average Bonchev–Trinajstić information content (AvgIpc) is 2.90. The van der Waals surface area contributed by atoms with Gasteiger partial charge in [0.25, 0.3) is 0 Å². The number of aliphatic hydroxyl groups excluding tert-OH is 1. The molecule has 11 heteroatoms. The fourth-order valence-electron chi connectivity index (χ4n) is 3.77. The quantitative estimate of drug-likeness (QED) is 0.284. The summed E-state index contributed by atoms with van der Waals surface area (Å²) in [7, 11) is 0. The molecule has 1 saturated heterocycles. The van der Waals surface area contributed by atoms with E-state index in [0.717, 1.165) is 11.1 Å². The third-order valence-electron chi connectivity index (χ3n) is 5.43. The van der Waals surface area contributed by atoms with E-state index in [-0.39, 0.29) is 26.4 Å². The van der Waals surface area contributed by atoms with Crippen molar-refractivity contribution in [1.29, 1.82) is 0 Å². The van der Waals surface area contributed by atoms with Crippen LogP contribution in [0.25, 0.3) is 0 Å². The molecular formula is C26H30Cl3NO7. The lowest BCUT2D eigenvalue weighted by atomic mass is 9.96. The molecule has 0 aliphatic carbocycles. The van der Waals surface area contributed by atoms with Crippen LogP contribution in [0.1, 0.15) is 11.1 Å². The zero-order valence-electron chi connectivity index (χ0n) is 20.0. The van der Waals surface area contributed by atoms with E-state index >= 15 is 0 Å². The molecule has 0 saturated carbocycles. The Morgan fingerprint density at radius 3 is 2.05 bits per heavy atom. The summed E-state index contributed by atoms with van der Waals surface area (Å²) in [5, 5.41) is 12.9. The van der Waals surface area contributed by atoms with Crippen LogP contribution < -0.4 is 5.32 Å². The van der Waals surface area contributed by atoms with Gasteiger partial charge >= 0.3 is 6.09 Å². The molecule has 1 aliphatic heterocycles. The number of aliphatic hydroxyl groups is 1. The Labute approximate surface area is 231 Å². The predicted octanol–water partition coefficient (Wildman–Crippen LogP) is 4.54. The molecule has 5 atom stereocenters. The van der Waals surface area contributed by atoms with Gasteiger partial charge in [0, 0.05) is 0 Å². The van der Waals surface area contributed by atoms with Gasteiger partial charge in [-0.25, -0.2) is 4.79 Å². The highest BCUT2D eigenvalue weighted by Crippen LogP contribution is 2.29. The van der Waals surface area contributed by atoms with E-state index in [2.05, 4.69) is 11.9 Å². The minimum absolute atomic E-state index is 0.116. The van der Waals surface area contributed by atoms with Gasteiger partial charge in [-0.15, -0.1) is 6.58 Å². The Morgan fingerprint density at radius 1 is 0.973 bits per heavy atom. The third kappa shape index (κ3) is 9.74. The van der Waals surface area contributed by atoms with Crippen LogP contribution in [0.5, 0.6) is 0 Å². The molecule has 1 fully saturated rings. The van der Waals surface area contributed by atoms with E-state index in [1.165, 1.54) is 6.08 Å². The van der Waals surface area contributed by atoms with Crippen LogP contribution in [0.3, 0.4) is 0 Å². The Balaban J connectivity index is 1.87. The van der Waals surface area contributed by atoms with Crippen LogP contribution in [0.4, 0.5) is 4.79 Å². The largest absolute Gasteiger partial charge is 0.445 e. The first-order chi connectivity index (χ1) is 17.8. The number of ether oxygens (including phenoxy) is 5. The molecule has 2 N–H and O–H groups in total. The highest BCUT2D eigenvalue weighted by molar-refractivity contribution is 6.67. The Kier molecular flexibility index (Phi) is 11.9. The molecule has 0 aromatic heterocycles. The van der Waals surface area contributed by atoms with Crippen LogP contribution >= 0.6 is 34.8 Å². The number of amides is 1. The normalized spacial score (nSPS) is 23.8. The van der Waals surface area contributed by atoms with Crippen molar-refractivity contribution in [2.75, 3.05) is 19.8 Å². The molecule has 0 radical (unpaired) electrons. The van der Waals surface area contributed by atoms with Gasteiger partial charge in [0.05, 0.1) is 26.4 Å². The summed E-state index contributed by atoms with van der Waals surface area (Å²) in [6, 6.07) is 18.1. The molecule has 37 heavy (non-hydrogen) atoms. The molecule has 0 spiro atoms. The second-order valence-electron chi connectivity index (χ2n) is 8.23. The lowest BCUT2D eigenvalue weighted by Crippen LogP contribution is -2.66. The van der Waals surface area contributed by atoms with Gasteiger partial charge in [0.15, 0.2) is 6.29 Å². The van der Waals surface area contributed by atoms with Gasteiger partial charge in [0.2, 0.25) is 3.79 Å². The zero-order chi connectivity index (χ0) is 26.7. The number of alkyl carbamates (subject to hydrolysis) is 1. The summed E-state index contributed by atoms with van der Waals surface area (Å²) in [6.45, 7) is 3.35.